The first-order valence-corrected chi connectivity index (χ1v) is 5.71. The van der Waals surface area contributed by atoms with Crippen LogP contribution in [0.5, 0.6) is 0 Å². The fourth-order valence-electron chi connectivity index (χ4n) is 1.71. The molecule has 18 heavy (non-hydrogen) atoms. The maximum absolute atomic E-state index is 4.46. The monoisotopic (exact) mass is 236 g/mol. The summed E-state index contributed by atoms with van der Waals surface area (Å²) in [7, 11) is 0. The summed E-state index contributed by atoms with van der Waals surface area (Å²) in [4.78, 5) is 11.8. The number of H-pyrrole nitrogens is 1. The van der Waals surface area contributed by atoms with Crippen molar-refractivity contribution in [2.75, 3.05) is 5.32 Å². The molecule has 0 saturated carbocycles. The molecule has 0 amide bonds. The van der Waals surface area contributed by atoms with Crippen molar-refractivity contribution in [3.63, 3.8) is 0 Å². The number of nitrogens with one attached hydrogen (secondary N) is 2. The highest BCUT2D eigenvalue weighted by Crippen LogP contribution is 2.17. The third-order valence-corrected chi connectivity index (χ3v) is 2.56. The van der Waals surface area contributed by atoms with Gasteiger partial charge in [0.05, 0.1) is 11.4 Å². The van der Waals surface area contributed by atoms with E-state index in [1.54, 1.807) is 6.20 Å². The molecular formula is C14H12N4. The van der Waals surface area contributed by atoms with Crippen molar-refractivity contribution >= 4 is 11.6 Å². The van der Waals surface area contributed by atoms with E-state index in [4.69, 9.17) is 0 Å². The molecule has 0 saturated heterocycles. The SMILES string of the molecule is c1ccc(Nc2nccc(-c3ccc[nH]3)n2)cc1. The molecule has 4 heteroatoms. The molecule has 0 bridgehead atoms. The summed E-state index contributed by atoms with van der Waals surface area (Å²) in [6.07, 6.45) is 3.62. The third-order valence-electron chi connectivity index (χ3n) is 2.56. The predicted molar refractivity (Wildman–Crippen MR) is 71.5 cm³/mol. The molecule has 2 aromatic heterocycles. The van der Waals surface area contributed by atoms with Gasteiger partial charge in [-0.3, -0.25) is 0 Å². The van der Waals surface area contributed by atoms with E-state index < -0.39 is 0 Å². The Morgan fingerprint density at radius 3 is 2.61 bits per heavy atom. The largest absolute Gasteiger partial charge is 0.360 e. The summed E-state index contributed by atoms with van der Waals surface area (Å²) in [5, 5.41) is 3.17. The summed E-state index contributed by atoms with van der Waals surface area (Å²) in [5.74, 6) is 0.591. The predicted octanol–water partition coefficient (Wildman–Crippen LogP) is 3.22. The Morgan fingerprint density at radius 2 is 1.83 bits per heavy atom. The molecule has 0 atom stereocenters. The first-order valence-electron chi connectivity index (χ1n) is 5.71. The first kappa shape index (κ1) is 10.5. The zero-order valence-electron chi connectivity index (χ0n) is 9.67. The lowest BCUT2D eigenvalue weighted by Crippen LogP contribution is -1.97. The van der Waals surface area contributed by atoms with Gasteiger partial charge >= 0.3 is 0 Å². The Bertz CT molecular complexity index is 617. The van der Waals surface area contributed by atoms with Gasteiger partial charge in [-0.2, -0.15) is 0 Å². The minimum atomic E-state index is 0.591. The zero-order chi connectivity index (χ0) is 12.2. The Hall–Kier alpha value is -2.62. The molecule has 1 aromatic carbocycles. The van der Waals surface area contributed by atoms with E-state index in [0.29, 0.717) is 5.95 Å². The Kier molecular flexibility index (Phi) is 2.75. The normalized spacial score (nSPS) is 10.2. The maximum Gasteiger partial charge on any atom is 0.227 e. The fraction of sp³-hybridized carbons (Fsp3) is 0. The van der Waals surface area contributed by atoms with Gasteiger partial charge in [0.25, 0.3) is 0 Å². The quantitative estimate of drug-likeness (QED) is 0.734. The van der Waals surface area contributed by atoms with Crippen LogP contribution in [0.15, 0.2) is 60.9 Å². The zero-order valence-corrected chi connectivity index (χ0v) is 9.67. The van der Waals surface area contributed by atoms with Crippen molar-refractivity contribution in [3.8, 4) is 11.4 Å². The standard InChI is InChI=1S/C14H12N4/c1-2-5-11(6-3-1)17-14-16-10-8-13(18-14)12-7-4-9-15-12/h1-10,15H,(H,16,17,18). The van der Waals surface area contributed by atoms with Gasteiger partial charge in [0.2, 0.25) is 5.95 Å². The van der Waals surface area contributed by atoms with Crippen LogP contribution in [-0.4, -0.2) is 15.0 Å². The van der Waals surface area contributed by atoms with Gasteiger partial charge in [0.15, 0.2) is 0 Å². The molecule has 0 aliphatic rings. The van der Waals surface area contributed by atoms with Crippen molar-refractivity contribution in [2.24, 2.45) is 0 Å². The molecule has 0 spiro atoms. The second kappa shape index (κ2) is 4.71. The highest BCUT2D eigenvalue weighted by atomic mass is 15.1. The average Bonchev–Trinajstić information content (AvgIpc) is 2.94. The van der Waals surface area contributed by atoms with E-state index in [1.165, 1.54) is 0 Å². The van der Waals surface area contributed by atoms with Gasteiger partial charge in [-0.15, -0.1) is 0 Å². The Balaban J connectivity index is 1.88. The van der Waals surface area contributed by atoms with E-state index in [0.717, 1.165) is 17.1 Å². The van der Waals surface area contributed by atoms with Gasteiger partial charge < -0.3 is 10.3 Å². The summed E-state index contributed by atoms with van der Waals surface area (Å²) in [5.41, 5.74) is 2.82. The number of anilines is 2. The molecule has 88 valence electrons. The van der Waals surface area contributed by atoms with E-state index >= 15 is 0 Å². The van der Waals surface area contributed by atoms with Crippen molar-refractivity contribution in [1.29, 1.82) is 0 Å². The summed E-state index contributed by atoms with van der Waals surface area (Å²) in [6, 6.07) is 15.7. The molecule has 2 N–H and O–H groups in total. The van der Waals surface area contributed by atoms with E-state index in [2.05, 4.69) is 20.3 Å². The number of rotatable bonds is 3. The lowest BCUT2D eigenvalue weighted by molar-refractivity contribution is 1.16. The van der Waals surface area contributed by atoms with Crippen LogP contribution in [0.2, 0.25) is 0 Å². The molecule has 3 aromatic rings. The van der Waals surface area contributed by atoms with E-state index in [9.17, 15) is 0 Å². The van der Waals surface area contributed by atoms with Crippen molar-refractivity contribution in [3.05, 3.63) is 60.9 Å². The van der Waals surface area contributed by atoms with Crippen molar-refractivity contribution in [1.82, 2.24) is 15.0 Å². The highest BCUT2D eigenvalue weighted by Gasteiger charge is 2.02. The molecule has 2 heterocycles. The van der Waals surface area contributed by atoms with Gasteiger partial charge in [-0.25, -0.2) is 9.97 Å². The highest BCUT2D eigenvalue weighted by molar-refractivity contribution is 5.58. The number of nitrogens with zero attached hydrogens (tertiary/aromatic N) is 2. The lowest BCUT2D eigenvalue weighted by atomic mass is 10.3. The van der Waals surface area contributed by atoms with E-state index in [1.807, 2.05) is 54.7 Å². The maximum atomic E-state index is 4.46. The summed E-state index contributed by atoms with van der Waals surface area (Å²) < 4.78 is 0. The smallest absolute Gasteiger partial charge is 0.227 e. The fourth-order valence-corrected chi connectivity index (χ4v) is 1.71. The minimum Gasteiger partial charge on any atom is -0.360 e. The van der Waals surface area contributed by atoms with Crippen LogP contribution in [0.25, 0.3) is 11.4 Å². The lowest BCUT2D eigenvalue weighted by Gasteiger charge is -2.05. The minimum absolute atomic E-state index is 0.591. The van der Waals surface area contributed by atoms with Gasteiger partial charge in [0, 0.05) is 18.1 Å². The molecule has 0 aliphatic heterocycles. The van der Waals surface area contributed by atoms with Crippen LogP contribution in [0.4, 0.5) is 11.6 Å². The average molecular weight is 236 g/mol. The third kappa shape index (κ3) is 2.22. The van der Waals surface area contributed by atoms with Crippen LogP contribution in [0.3, 0.4) is 0 Å². The van der Waals surface area contributed by atoms with Gasteiger partial charge in [0.1, 0.15) is 0 Å². The van der Waals surface area contributed by atoms with Gasteiger partial charge in [-0.05, 0) is 30.3 Å². The molecule has 0 radical (unpaired) electrons. The second-order valence-electron chi connectivity index (χ2n) is 3.84. The van der Waals surface area contributed by atoms with Crippen LogP contribution < -0.4 is 5.32 Å². The van der Waals surface area contributed by atoms with Crippen LogP contribution in [0, 0.1) is 0 Å². The van der Waals surface area contributed by atoms with Crippen LogP contribution in [0.1, 0.15) is 0 Å². The number of para-hydroxylation sites is 1. The Labute approximate surface area is 105 Å². The molecule has 4 nitrogen and oxygen atoms in total. The van der Waals surface area contributed by atoms with Crippen LogP contribution in [-0.2, 0) is 0 Å². The van der Waals surface area contributed by atoms with E-state index in [-0.39, 0.29) is 0 Å². The number of aromatic amines is 1. The Morgan fingerprint density at radius 1 is 0.944 bits per heavy atom. The topological polar surface area (TPSA) is 53.6 Å². The molecule has 3 rings (SSSR count). The van der Waals surface area contributed by atoms with Crippen molar-refractivity contribution in [2.45, 2.75) is 0 Å². The number of aromatic nitrogens is 3. The summed E-state index contributed by atoms with van der Waals surface area (Å²) >= 11 is 0. The van der Waals surface area contributed by atoms with Crippen LogP contribution >= 0.6 is 0 Å². The summed E-state index contributed by atoms with van der Waals surface area (Å²) in [6.45, 7) is 0. The molecule has 0 fully saturated rings. The number of benzene rings is 1. The second-order valence-corrected chi connectivity index (χ2v) is 3.84. The first-order chi connectivity index (χ1) is 8.92. The molecule has 0 unspecified atom stereocenters. The molecule has 0 aliphatic carbocycles. The number of hydrogen-bond acceptors (Lipinski definition) is 3. The van der Waals surface area contributed by atoms with Gasteiger partial charge in [-0.1, -0.05) is 18.2 Å². The molecular weight excluding hydrogens is 224 g/mol. The van der Waals surface area contributed by atoms with Crippen molar-refractivity contribution < 1.29 is 0 Å². The number of hydrogen-bond donors (Lipinski definition) is 2.